The highest BCUT2D eigenvalue weighted by molar-refractivity contribution is 5.57. The van der Waals surface area contributed by atoms with Crippen molar-refractivity contribution in [1.82, 2.24) is 0 Å². The number of benzene rings is 2. The molecule has 1 aliphatic rings. The largest absolute Gasteiger partial charge is 0.508 e. The lowest BCUT2D eigenvalue weighted by Gasteiger charge is -2.30. The minimum Gasteiger partial charge on any atom is -0.508 e. The van der Waals surface area contributed by atoms with Crippen molar-refractivity contribution >= 4 is 0 Å². The molecule has 0 amide bonds. The van der Waals surface area contributed by atoms with Crippen LogP contribution in [-0.4, -0.2) is 5.11 Å². The van der Waals surface area contributed by atoms with Crippen molar-refractivity contribution in [2.75, 3.05) is 0 Å². The van der Waals surface area contributed by atoms with Gasteiger partial charge in [-0.1, -0.05) is 45.9 Å². The molecule has 0 radical (unpaired) electrons. The van der Waals surface area contributed by atoms with Crippen molar-refractivity contribution in [1.29, 1.82) is 0 Å². The summed E-state index contributed by atoms with van der Waals surface area (Å²) in [6, 6.07) is 12.2. The third-order valence-electron chi connectivity index (χ3n) is 5.38. The lowest BCUT2D eigenvalue weighted by atomic mass is 9.74. The van der Waals surface area contributed by atoms with Gasteiger partial charge >= 0.3 is 0 Å². The molecule has 132 valence electrons. The Morgan fingerprint density at radius 1 is 1.04 bits per heavy atom. The van der Waals surface area contributed by atoms with Crippen LogP contribution in [0.2, 0.25) is 0 Å². The summed E-state index contributed by atoms with van der Waals surface area (Å²) in [4.78, 5) is 0. The van der Waals surface area contributed by atoms with Crippen LogP contribution in [0.5, 0.6) is 11.5 Å². The Kier molecular flexibility index (Phi) is 4.40. The van der Waals surface area contributed by atoms with Crippen LogP contribution >= 0.6 is 0 Å². The molecule has 0 heterocycles. The van der Waals surface area contributed by atoms with Gasteiger partial charge in [-0.25, -0.2) is 0 Å². The number of allylic oxidation sites excluding steroid dienone is 1. The quantitative estimate of drug-likeness (QED) is 0.695. The number of ether oxygens (including phenoxy) is 1. The maximum absolute atomic E-state index is 10.1. The van der Waals surface area contributed by atoms with Gasteiger partial charge in [0, 0.05) is 11.0 Å². The van der Waals surface area contributed by atoms with Gasteiger partial charge in [-0.05, 0) is 66.1 Å². The Labute approximate surface area is 151 Å². The maximum Gasteiger partial charge on any atom is 0.130 e. The van der Waals surface area contributed by atoms with Crippen molar-refractivity contribution in [3.63, 3.8) is 0 Å². The van der Waals surface area contributed by atoms with E-state index < -0.39 is 0 Å². The van der Waals surface area contributed by atoms with Gasteiger partial charge in [0.1, 0.15) is 11.5 Å². The minimum absolute atomic E-state index is 0.0548. The van der Waals surface area contributed by atoms with Crippen LogP contribution in [0.15, 0.2) is 48.7 Å². The molecule has 1 aliphatic carbocycles. The Hall–Kier alpha value is -2.22. The molecule has 2 aromatic carbocycles. The Morgan fingerprint density at radius 3 is 2.48 bits per heavy atom. The van der Waals surface area contributed by atoms with E-state index in [2.05, 4.69) is 58.9 Å². The maximum atomic E-state index is 10.1. The van der Waals surface area contributed by atoms with Crippen LogP contribution in [0.25, 0.3) is 0 Å². The van der Waals surface area contributed by atoms with Crippen molar-refractivity contribution in [2.24, 2.45) is 0 Å². The number of aryl methyl sites for hydroxylation is 1. The molecule has 0 bridgehead atoms. The second kappa shape index (κ2) is 6.25. The summed E-state index contributed by atoms with van der Waals surface area (Å²) in [6.45, 7) is 11.0. The van der Waals surface area contributed by atoms with E-state index in [0.717, 1.165) is 18.6 Å². The normalized spacial score (nSPS) is 21.5. The predicted octanol–water partition coefficient (Wildman–Crippen LogP) is 5.99. The molecule has 1 N–H and O–H groups in total. The molecule has 0 aliphatic heterocycles. The first-order valence-corrected chi connectivity index (χ1v) is 9.05. The third kappa shape index (κ3) is 3.06. The number of phenolic OH excluding ortho intramolecular Hbond substituents is 1. The monoisotopic (exact) mass is 336 g/mol. The van der Waals surface area contributed by atoms with Crippen LogP contribution < -0.4 is 4.74 Å². The molecule has 1 unspecified atom stereocenters. The smallest absolute Gasteiger partial charge is 0.130 e. The second-order valence-electron chi connectivity index (χ2n) is 8.02. The van der Waals surface area contributed by atoms with E-state index in [1.165, 1.54) is 22.3 Å². The molecule has 0 saturated heterocycles. The minimum atomic E-state index is -0.194. The first-order chi connectivity index (χ1) is 11.8. The molecule has 2 heteroatoms. The van der Waals surface area contributed by atoms with E-state index in [4.69, 9.17) is 4.74 Å². The number of hydrogen-bond donors (Lipinski definition) is 1. The molecule has 1 atom stereocenters. The van der Waals surface area contributed by atoms with Crippen LogP contribution in [0, 0.1) is 6.92 Å². The van der Waals surface area contributed by atoms with E-state index in [-0.39, 0.29) is 10.8 Å². The van der Waals surface area contributed by atoms with Crippen LogP contribution in [0.3, 0.4) is 0 Å². The van der Waals surface area contributed by atoms with Gasteiger partial charge in [-0.2, -0.15) is 0 Å². The zero-order chi connectivity index (χ0) is 18.2. The molecular formula is C23H28O2. The fraction of sp³-hybridized carbons (Fsp3) is 0.391. The standard InChI is InChI=1S/C23H28O2/c1-6-7-12-25-21-13-16(2)8-10-19(21)23(5)15-22(3,4)18-11-9-17(24)14-20(18)23/h7-14,24H,6,15H2,1-5H3/b12-7+. The number of hydrogen-bond acceptors (Lipinski definition) is 2. The summed E-state index contributed by atoms with van der Waals surface area (Å²) in [7, 11) is 0. The highest BCUT2D eigenvalue weighted by Gasteiger charge is 2.47. The zero-order valence-electron chi connectivity index (χ0n) is 15.9. The van der Waals surface area contributed by atoms with Crippen molar-refractivity contribution in [3.8, 4) is 11.5 Å². The topological polar surface area (TPSA) is 29.5 Å². The molecule has 0 fully saturated rings. The van der Waals surface area contributed by atoms with Gasteiger partial charge < -0.3 is 9.84 Å². The summed E-state index contributed by atoms with van der Waals surface area (Å²) in [5.41, 5.74) is 4.73. The fourth-order valence-electron chi connectivity index (χ4n) is 4.29. The van der Waals surface area contributed by atoms with Gasteiger partial charge in [0.05, 0.1) is 6.26 Å². The van der Waals surface area contributed by atoms with E-state index in [9.17, 15) is 5.11 Å². The third-order valence-corrected chi connectivity index (χ3v) is 5.38. The lowest BCUT2D eigenvalue weighted by molar-refractivity contribution is 0.403. The SMILES string of the molecule is CC/C=C/Oc1cc(C)ccc1C1(C)CC(C)(C)c2ccc(O)cc21. The van der Waals surface area contributed by atoms with E-state index in [1.54, 1.807) is 12.3 Å². The van der Waals surface area contributed by atoms with Crippen molar-refractivity contribution < 1.29 is 9.84 Å². The average molecular weight is 336 g/mol. The molecule has 0 spiro atoms. The van der Waals surface area contributed by atoms with Gasteiger partial charge in [0.25, 0.3) is 0 Å². The van der Waals surface area contributed by atoms with Gasteiger partial charge in [-0.15, -0.1) is 0 Å². The highest BCUT2D eigenvalue weighted by atomic mass is 16.5. The van der Waals surface area contributed by atoms with Crippen LogP contribution in [0.4, 0.5) is 0 Å². The second-order valence-corrected chi connectivity index (χ2v) is 8.02. The predicted molar refractivity (Wildman–Crippen MR) is 103 cm³/mol. The molecule has 0 aromatic heterocycles. The summed E-state index contributed by atoms with van der Waals surface area (Å²) in [6.07, 6.45) is 5.73. The first kappa shape index (κ1) is 17.6. The lowest BCUT2D eigenvalue weighted by Crippen LogP contribution is -2.24. The first-order valence-electron chi connectivity index (χ1n) is 9.05. The Bertz CT molecular complexity index is 817. The van der Waals surface area contributed by atoms with Crippen LogP contribution in [0.1, 0.15) is 62.8 Å². The fourth-order valence-corrected chi connectivity index (χ4v) is 4.29. The number of rotatable bonds is 4. The molecule has 3 rings (SSSR count). The molecule has 2 aromatic rings. The Morgan fingerprint density at radius 2 is 1.76 bits per heavy atom. The van der Waals surface area contributed by atoms with Gasteiger partial charge in [0.2, 0.25) is 0 Å². The van der Waals surface area contributed by atoms with Gasteiger partial charge in [-0.3, -0.25) is 0 Å². The zero-order valence-corrected chi connectivity index (χ0v) is 15.9. The molecule has 0 saturated carbocycles. The molecule has 25 heavy (non-hydrogen) atoms. The highest BCUT2D eigenvalue weighted by Crippen LogP contribution is 2.55. The summed E-state index contributed by atoms with van der Waals surface area (Å²) < 4.78 is 6.01. The summed E-state index contributed by atoms with van der Waals surface area (Å²) in [5, 5.41) is 10.1. The Balaban J connectivity index is 2.17. The number of phenols is 1. The van der Waals surface area contributed by atoms with Crippen LogP contribution in [-0.2, 0) is 10.8 Å². The number of fused-ring (bicyclic) bond motifs is 1. The van der Waals surface area contributed by atoms with E-state index in [1.807, 2.05) is 12.1 Å². The molecule has 2 nitrogen and oxygen atoms in total. The summed E-state index contributed by atoms with van der Waals surface area (Å²) >= 11 is 0. The van der Waals surface area contributed by atoms with E-state index in [0.29, 0.717) is 5.75 Å². The average Bonchev–Trinajstić information content (AvgIpc) is 2.74. The van der Waals surface area contributed by atoms with E-state index >= 15 is 0 Å². The number of aromatic hydroxyl groups is 1. The summed E-state index contributed by atoms with van der Waals surface area (Å²) in [5.74, 6) is 1.22. The van der Waals surface area contributed by atoms with Crippen molar-refractivity contribution in [2.45, 2.75) is 58.3 Å². The molecular weight excluding hydrogens is 308 g/mol. The van der Waals surface area contributed by atoms with Gasteiger partial charge in [0.15, 0.2) is 0 Å². The van der Waals surface area contributed by atoms with Crippen molar-refractivity contribution in [3.05, 3.63) is 71.0 Å².